The maximum absolute atomic E-state index is 12.8. The number of hydrogen-bond donors (Lipinski definition) is 2. The molecule has 0 fully saturated rings. The van der Waals surface area contributed by atoms with E-state index >= 15 is 0 Å². The second kappa shape index (κ2) is 6.36. The summed E-state index contributed by atoms with van der Waals surface area (Å²) in [6.45, 7) is 1.80. The summed E-state index contributed by atoms with van der Waals surface area (Å²) in [6.07, 6.45) is -4.69. The molecule has 0 radical (unpaired) electrons. The second-order valence-corrected chi connectivity index (χ2v) is 6.37. The predicted molar refractivity (Wildman–Crippen MR) is 89.7 cm³/mol. The number of anilines is 2. The molecule has 25 heavy (non-hydrogen) atoms. The molecular formula is C15H14F3N5OS. The lowest BCUT2D eigenvalue weighted by Crippen LogP contribution is -2.17. The van der Waals surface area contributed by atoms with Crippen LogP contribution in [0.2, 0.25) is 0 Å². The first-order valence-electron chi connectivity index (χ1n) is 7.19. The van der Waals surface area contributed by atoms with Crippen LogP contribution in [0.4, 0.5) is 25.1 Å². The molecule has 1 aromatic carbocycles. The molecule has 0 aliphatic carbocycles. The molecule has 0 aliphatic rings. The standard InChI is InChI=1S/C15H14F3N5OS/c1-7(10-5-8-3-4-9(24-2)6-11(8)25-10)20-14-22-12(15(16,17)18)21-13(19)23-14/h3-7H,1-2H3,(H3,19,20,21,22,23). The number of nitrogens with two attached hydrogens (primary N) is 1. The number of nitrogen functional groups attached to an aromatic ring is 1. The summed E-state index contributed by atoms with van der Waals surface area (Å²) >= 11 is 1.50. The molecule has 0 spiro atoms. The van der Waals surface area contributed by atoms with Gasteiger partial charge in [-0.25, -0.2) is 0 Å². The Morgan fingerprint density at radius 1 is 1.20 bits per heavy atom. The van der Waals surface area contributed by atoms with E-state index in [0.717, 1.165) is 20.7 Å². The van der Waals surface area contributed by atoms with Crippen molar-refractivity contribution < 1.29 is 17.9 Å². The SMILES string of the molecule is COc1ccc2cc(C(C)Nc3nc(N)nc(C(F)(F)F)n3)sc2c1. The van der Waals surface area contributed by atoms with Gasteiger partial charge in [-0.1, -0.05) is 0 Å². The first-order chi connectivity index (χ1) is 11.8. The van der Waals surface area contributed by atoms with Crippen LogP contribution in [0.15, 0.2) is 24.3 Å². The number of fused-ring (bicyclic) bond motifs is 1. The minimum Gasteiger partial charge on any atom is -0.497 e. The van der Waals surface area contributed by atoms with E-state index in [2.05, 4.69) is 20.3 Å². The lowest BCUT2D eigenvalue weighted by Gasteiger charge is -2.13. The lowest BCUT2D eigenvalue weighted by molar-refractivity contribution is -0.144. The van der Waals surface area contributed by atoms with E-state index in [1.165, 1.54) is 11.3 Å². The Bertz CT molecular complexity index is 912. The van der Waals surface area contributed by atoms with Gasteiger partial charge in [0.05, 0.1) is 13.2 Å². The molecule has 2 aromatic heterocycles. The fraction of sp³-hybridized carbons (Fsp3) is 0.267. The summed E-state index contributed by atoms with van der Waals surface area (Å²) in [5.41, 5.74) is 5.35. The molecule has 0 amide bonds. The number of ether oxygens (including phenoxy) is 1. The number of benzene rings is 1. The zero-order valence-electron chi connectivity index (χ0n) is 13.3. The Kier molecular flexibility index (Phi) is 4.38. The minimum atomic E-state index is -4.69. The van der Waals surface area contributed by atoms with E-state index in [1.807, 2.05) is 24.3 Å². The zero-order chi connectivity index (χ0) is 18.2. The Morgan fingerprint density at radius 3 is 2.64 bits per heavy atom. The van der Waals surface area contributed by atoms with E-state index in [9.17, 15) is 13.2 Å². The Labute approximate surface area is 144 Å². The lowest BCUT2D eigenvalue weighted by atomic mass is 10.2. The van der Waals surface area contributed by atoms with Gasteiger partial charge in [0.2, 0.25) is 17.7 Å². The number of nitrogens with zero attached hydrogens (tertiary/aromatic N) is 3. The average Bonchev–Trinajstić information content (AvgIpc) is 2.96. The largest absolute Gasteiger partial charge is 0.497 e. The first kappa shape index (κ1) is 17.2. The van der Waals surface area contributed by atoms with E-state index in [0.29, 0.717) is 0 Å². The van der Waals surface area contributed by atoms with Gasteiger partial charge in [0, 0.05) is 9.58 Å². The summed E-state index contributed by atoms with van der Waals surface area (Å²) in [5, 5.41) is 3.85. The molecule has 1 atom stereocenters. The summed E-state index contributed by atoms with van der Waals surface area (Å²) in [6, 6.07) is 7.31. The maximum Gasteiger partial charge on any atom is 0.451 e. The van der Waals surface area contributed by atoms with Gasteiger partial charge < -0.3 is 15.8 Å². The maximum atomic E-state index is 12.8. The molecular weight excluding hydrogens is 355 g/mol. The van der Waals surface area contributed by atoms with Crippen LogP contribution in [0.3, 0.4) is 0 Å². The number of hydrogen-bond acceptors (Lipinski definition) is 7. The third-order valence-corrected chi connectivity index (χ3v) is 4.71. The van der Waals surface area contributed by atoms with E-state index in [1.54, 1.807) is 14.0 Å². The molecule has 3 rings (SSSR count). The van der Waals surface area contributed by atoms with Gasteiger partial charge in [-0.05, 0) is 36.6 Å². The van der Waals surface area contributed by atoms with Crippen LogP contribution in [-0.4, -0.2) is 22.1 Å². The fourth-order valence-electron chi connectivity index (χ4n) is 2.22. The van der Waals surface area contributed by atoms with E-state index in [4.69, 9.17) is 10.5 Å². The molecule has 0 saturated carbocycles. The van der Waals surface area contributed by atoms with Gasteiger partial charge in [-0.3, -0.25) is 0 Å². The third-order valence-electron chi connectivity index (χ3n) is 3.42. The highest BCUT2D eigenvalue weighted by Gasteiger charge is 2.35. The molecule has 2 heterocycles. The summed E-state index contributed by atoms with van der Waals surface area (Å²) < 4.78 is 44.5. The van der Waals surface area contributed by atoms with Crippen molar-refractivity contribution >= 4 is 33.3 Å². The van der Waals surface area contributed by atoms with Gasteiger partial charge in [-0.2, -0.15) is 28.1 Å². The molecule has 0 aliphatic heterocycles. The van der Waals surface area contributed by atoms with Gasteiger partial charge in [0.1, 0.15) is 5.75 Å². The average molecular weight is 369 g/mol. The van der Waals surface area contributed by atoms with Crippen LogP contribution in [0.25, 0.3) is 10.1 Å². The fourth-order valence-corrected chi connectivity index (χ4v) is 3.32. The molecule has 6 nitrogen and oxygen atoms in total. The van der Waals surface area contributed by atoms with Crippen molar-refractivity contribution in [2.75, 3.05) is 18.2 Å². The number of alkyl halides is 3. The smallest absolute Gasteiger partial charge is 0.451 e. The Morgan fingerprint density at radius 2 is 1.96 bits per heavy atom. The topological polar surface area (TPSA) is 86.0 Å². The summed E-state index contributed by atoms with van der Waals surface area (Å²) in [5.74, 6) is -1.29. The summed E-state index contributed by atoms with van der Waals surface area (Å²) in [4.78, 5) is 11.2. The first-order valence-corrected chi connectivity index (χ1v) is 8.00. The van der Waals surface area contributed by atoms with Crippen LogP contribution in [0, 0.1) is 0 Å². The number of methoxy groups -OCH3 is 1. The Hall–Kier alpha value is -2.62. The number of halogens is 3. The van der Waals surface area contributed by atoms with Crippen molar-refractivity contribution in [1.82, 2.24) is 15.0 Å². The van der Waals surface area contributed by atoms with Crippen molar-refractivity contribution in [1.29, 1.82) is 0 Å². The number of thiophene rings is 1. The van der Waals surface area contributed by atoms with E-state index in [-0.39, 0.29) is 12.0 Å². The molecule has 10 heteroatoms. The van der Waals surface area contributed by atoms with Crippen molar-refractivity contribution in [3.05, 3.63) is 35.0 Å². The zero-order valence-corrected chi connectivity index (χ0v) is 14.1. The normalized spacial score (nSPS) is 13.0. The van der Waals surface area contributed by atoms with Crippen LogP contribution >= 0.6 is 11.3 Å². The highest BCUT2D eigenvalue weighted by Crippen LogP contribution is 2.34. The molecule has 3 N–H and O–H groups in total. The van der Waals surface area contributed by atoms with Gasteiger partial charge in [0.15, 0.2) is 0 Å². The number of nitrogens with one attached hydrogen (secondary N) is 1. The molecule has 3 aromatic rings. The number of rotatable bonds is 4. The molecule has 132 valence electrons. The monoisotopic (exact) mass is 369 g/mol. The van der Waals surface area contributed by atoms with Gasteiger partial charge in [-0.15, -0.1) is 11.3 Å². The highest BCUT2D eigenvalue weighted by molar-refractivity contribution is 7.19. The quantitative estimate of drug-likeness (QED) is 0.726. The van der Waals surface area contributed by atoms with Crippen molar-refractivity contribution in [3.8, 4) is 5.75 Å². The summed E-state index contributed by atoms with van der Waals surface area (Å²) in [7, 11) is 1.59. The van der Waals surface area contributed by atoms with Crippen LogP contribution < -0.4 is 15.8 Å². The van der Waals surface area contributed by atoms with Crippen molar-refractivity contribution in [2.45, 2.75) is 19.1 Å². The highest BCUT2D eigenvalue weighted by atomic mass is 32.1. The van der Waals surface area contributed by atoms with E-state index < -0.39 is 17.9 Å². The van der Waals surface area contributed by atoms with Gasteiger partial charge >= 0.3 is 6.18 Å². The molecule has 0 saturated heterocycles. The minimum absolute atomic E-state index is 0.220. The van der Waals surface area contributed by atoms with Crippen LogP contribution in [0.5, 0.6) is 5.75 Å². The third kappa shape index (κ3) is 3.73. The van der Waals surface area contributed by atoms with Crippen LogP contribution in [0.1, 0.15) is 23.7 Å². The Balaban J connectivity index is 1.87. The van der Waals surface area contributed by atoms with Crippen LogP contribution in [-0.2, 0) is 6.18 Å². The molecule has 1 unspecified atom stereocenters. The molecule has 0 bridgehead atoms. The number of aromatic nitrogens is 3. The predicted octanol–water partition coefficient (Wildman–Crippen LogP) is 3.87. The van der Waals surface area contributed by atoms with Crippen molar-refractivity contribution in [3.63, 3.8) is 0 Å². The second-order valence-electron chi connectivity index (χ2n) is 5.26. The van der Waals surface area contributed by atoms with Crippen molar-refractivity contribution in [2.24, 2.45) is 0 Å². The van der Waals surface area contributed by atoms with Gasteiger partial charge in [0.25, 0.3) is 0 Å².